The van der Waals surface area contributed by atoms with Gasteiger partial charge in [-0.2, -0.15) is 0 Å². The van der Waals surface area contributed by atoms with E-state index >= 15 is 0 Å². The molecular weight excluding hydrogens is 517 g/mol. The van der Waals surface area contributed by atoms with E-state index in [1.807, 2.05) is 4.90 Å². The molecule has 0 unspecified atom stereocenters. The second-order valence-corrected chi connectivity index (χ2v) is 10.3. The van der Waals surface area contributed by atoms with Crippen LogP contribution in [0.15, 0.2) is 48.5 Å². The molecule has 2 heterocycles. The van der Waals surface area contributed by atoms with Gasteiger partial charge in [-0.3, -0.25) is 14.5 Å². The van der Waals surface area contributed by atoms with E-state index in [1.165, 1.54) is 4.90 Å². The molecule has 0 saturated carbocycles. The smallest absolute Gasteiger partial charge is 0.256 e. The van der Waals surface area contributed by atoms with Crippen molar-refractivity contribution in [2.75, 3.05) is 56.0 Å². The molecule has 2 amide bonds. The summed E-state index contributed by atoms with van der Waals surface area (Å²) in [7, 11) is 0. The van der Waals surface area contributed by atoms with Crippen molar-refractivity contribution < 1.29 is 9.59 Å². The molecule has 0 spiro atoms. The average Bonchev–Trinajstić information content (AvgIpc) is 3.09. The fourth-order valence-electron chi connectivity index (χ4n) is 4.65. The topological polar surface area (TPSA) is 59.1 Å². The number of likely N-dealkylation sites (N-methyl/N-ethyl adjacent to an activating group) is 1. The Bertz CT molecular complexity index is 1090. The van der Waals surface area contributed by atoms with Gasteiger partial charge in [0.2, 0.25) is 5.91 Å². The molecular formula is C26H31Cl2N5O2S. The van der Waals surface area contributed by atoms with E-state index in [-0.39, 0.29) is 18.2 Å². The average molecular weight is 549 g/mol. The Labute approximate surface area is 227 Å². The third-order valence-electron chi connectivity index (χ3n) is 6.68. The minimum Gasteiger partial charge on any atom is -0.336 e. The summed E-state index contributed by atoms with van der Waals surface area (Å²) in [6.45, 7) is 9.02. The molecule has 2 aromatic carbocycles. The first kappa shape index (κ1) is 26.8. The molecule has 1 atom stereocenters. The molecule has 36 heavy (non-hydrogen) atoms. The third kappa shape index (κ3) is 6.55. The number of rotatable bonds is 9. The predicted molar refractivity (Wildman–Crippen MR) is 150 cm³/mol. The summed E-state index contributed by atoms with van der Waals surface area (Å²) in [5.74, 6) is -0.475. The van der Waals surface area contributed by atoms with Crippen LogP contribution in [0.5, 0.6) is 0 Å². The molecule has 0 radical (unpaired) electrons. The maximum absolute atomic E-state index is 13.5. The maximum atomic E-state index is 13.5. The molecule has 1 N–H and O–H groups in total. The number of amides is 2. The van der Waals surface area contributed by atoms with E-state index in [0.29, 0.717) is 33.1 Å². The second kappa shape index (κ2) is 12.3. The summed E-state index contributed by atoms with van der Waals surface area (Å²) in [6.07, 6.45) is 0.839. The number of carbonyl (C=O) groups is 2. The number of thiocarbonyl (C=S) groups is 1. The van der Waals surface area contributed by atoms with E-state index in [1.54, 1.807) is 48.5 Å². The Morgan fingerprint density at radius 2 is 1.69 bits per heavy atom. The fourth-order valence-corrected chi connectivity index (χ4v) is 5.38. The zero-order chi connectivity index (χ0) is 25.7. The largest absolute Gasteiger partial charge is 0.336 e. The fraction of sp³-hybridized carbons (Fsp3) is 0.423. The monoisotopic (exact) mass is 547 g/mol. The molecule has 0 aromatic heterocycles. The number of piperazine rings is 1. The Balaban J connectivity index is 1.45. The van der Waals surface area contributed by atoms with Gasteiger partial charge in [0, 0.05) is 48.5 Å². The predicted octanol–water partition coefficient (Wildman–Crippen LogP) is 4.35. The first-order valence-corrected chi connectivity index (χ1v) is 13.4. The van der Waals surface area contributed by atoms with Gasteiger partial charge in [-0.05, 0) is 74.2 Å². The SMILES string of the molecule is CCN1CCN(CCCN2C(=S)N(c3cccc(Cl)c3)C(=O)[C@H]2CC(=O)Nc2ccc(Cl)cc2)CC1. The summed E-state index contributed by atoms with van der Waals surface area (Å²) >= 11 is 17.9. The Morgan fingerprint density at radius 1 is 1.00 bits per heavy atom. The van der Waals surface area contributed by atoms with Gasteiger partial charge in [0.1, 0.15) is 6.04 Å². The highest BCUT2D eigenvalue weighted by Crippen LogP contribution is 2.29. The number of benzene rings is 2. The van der Waals surface area contributed by atoms with Gasteiger partial charge in [-0.25, -0.2) is 0 Å². The normalized spacial score (nSPS) is 19.2. The Hall–Kier alpha value is -2.23. The van der Waals surface area contributed by atoms with Crippen LogP contribution in [-0.2, 0) is 9.59 Å². The van der Waals surface area contributed by atoms with Crippen molar-refractivity contribution >= 4 is 63.7 Å². The van der Waals surface area contributed by atoms with Crippen LogP contribution < -0.4 is 10.2 Å². The number of carbonyl (C=O) groups excluding carboxylic acids is 2. The molecule has 2 aliphatic rings. The number of anilines is 2. The van der Waals surface area contributed by atoms with Gasteiger partial charge in [0.15, 0.2) is 5.11 Å². The zero-order valence-electron chi connectivity index (χ0n) is 20.3. The first-order chi connectivity index (χ1) is 17.4. The summed E-state index contributed by atoms with van der Waals surface area (Å²) in [5, 5.41) is 4.37. The molecule has 4 rings (SSSR count). The van der Waals surface area contributed by atoms with Crippen LogP contribution >= 0.6 is 35.4 Å². The number of hydrogen-bond acceptors (Lipinski definition) is 5. The van der Waals surface area contributed by atoms with E-state index in [2.05, 4.69) is 22.0 Å². The van der Waals surface area contributed by atoms with Crippen LogP contribution in [0.4, 0.5) is 11.4 Å². The minimum atomic E-state index is -0.680. The number of hydrogen-bond donors (Lipinski definition) is 1. The van der Waals surface area contributed by atoms with E-state index in [9.17, 15) is 9.59 Å². The minimum absolute atomic E-state index is 0.00611. The highest BCUT2D eigenvalue weighted by Gasteiger charge is 2.44. The molecule has 0 bridgehead atoms. The van der Waals surface area contributed by atoms with Crippen LogP contribution in [-0.4, -0.2) is 83.5 Å². The molecule has 192 valence electrons. The van der Waals surface area contributed by atoms with Gasteiger partial charge < -0.3 is 20.0 Å². The van der Waals surface area contributed by atoms with Crippen molar-refractivity contribution in [3.05, 3.63) is 58.6 Å². The molecule has 2 aliphatic heterocycles. The number of nitrogens with one attached hydrogen (secondary N) is 1. The lowest BCUT2D eigenvalue weighted by atomic mass is 10.1. The third-order valence-corrected chi connectivity index (χ3v) is 7.58. The van der Waals surface area contributed by atoms with Crippen molar-refractivity contribution in [3.63, 3.8) is 0 Å². The van der Waals surface area contributed by atoms with Crippen molar-refractivity contribution in [2.45, 2.75) is 25.8 Å². The summed E-state index contributed by atoms with van der Waals surface area (Å²) in [4.78, 5) is 34.7. The molecule has 7 nitrogen and oxygen atoms in total. The van der Waals surface area contributed by atoms with Gasteiger partial charge >= 0.3 is 0 Å². The lowest BCUT2D eigenvalue weighted by molar-refractivity contribution is -0.124. The molecule has 2 aromatic rings. The quantitative estimate of drug-likeness (QED) is 0.471. The van der Waals surface area contributed by atoms with E-state index < -0.39 is 6.04 Å². The number of halogens is 2. The molecule has 0 aliphatic carbocycles. The summed E-state index contributed by atoms with van der Waals surface area (Å²) in [5.41, 5.74) is 1.24. The first-order valence-electron chi connectivity index (χ1n) is 12.3. The van der Waals surface area contributed by atoms with E-state index in [0.717, 1.165) is 45.7 Å². The van der Waals surface area contributed by atoms with Gasteiger partial charge in [0.25, 0.3) is 5.91 Å². The van der Waals surface area contributed by atoms with Crippen LogP contribution in [0.2, 0.25) is 10.0 Å². The highest BCUT2D eigenvalue weighted by molar-refractivity contribution is 7.80. The molecule has 2 saturated heterocycles. The van der Waals surface area contributed by atoms with E-state index in [4.69, 9.17) is 35.4 Å². The van der Waals surface area contributed by atoms with Crippen LogP contribution in [0, 0.1) is 0 Å². The van der Waals surface area contributed by atoms with Crippen LogP contribution in [0.3, 0.4) is 0 Å². The van der Waals surface area contributed by atoms with Crippen LogP contribution in [0.1, 0.15) is 19.8 Å². The van der Waals surface area contributed by atoms with Crippen molar-refractivity contribution in [1.29, 1.82) is 0 Å². The Morgan fingerprint density at radius 3 is 2.36 bits per heavy atom. The Kier molecular flexibility index (Phi) is 9.19. The molecule has 2 fully saturated rings. The van der Waals surface area contributed by atoms with Gasteiger partial charge in [-0.1, -0.05) is 36.2 Å². The van der Waals surface area contributed by atoms with Crippen molar-refractivity contribution in [1.82, 2.24) is 14.7 Å². The van der Waals surface area contributed by atoms with Crippen molar-refractivity contribution in [3.8, 4) is 0 Å². The van der Waals surface area contributed by atoms with Crippen LogP contribution in [0.25, 0.3) is 0 Å². The van der Waals surface area contributed by atoms with Gasteiger partial charge in [-0.15, -0.1) is 0 Å². The highest BCUT2D eigenvalue weighted by atomic mass is 35.5. The maximum Gasteiger partial charge on any atom is 0.256 e. The van der Waals surface area contributed by atoms with Gasteiger partial charge in [0.05, 0.1) is 12.1 Å². The number of nitrogens with zero attached hydrogens (tertiary/aromatic N) is 4. The second-order valence-electron chi connectivity index (χ2n) is 9.03. The standard InChI is InChI=1S/C26H31Cl2N5O2S/c1-2-30-13-15-31(16-14-30)11-4-12-32-23(18-24(34)29-21-9-7-19(27)8-10-21)25(35)33(26(32)36)22-6-3-5-20(28)17-22/h3,5-10,17,23H,2,4,11-16,18H2,1H3,(H,29,34)/t23-/m1/s1. The lowest BCUT2D eigenvalue weighted by Gasteiger charge is -2.34. The zero-order valence-corrected chi connectivity index (χ0v) is 22.7. The molecule has 10 heteroatoms. The lowest BCUT2D eigenvalue weighted by Crippen LogP contribution is -2.47. The summed E-state index contributed by atoms with van der Waals surface area (Å²) in [6, 6.07) is 13.3. The summed E-state index contributed by atoms with van der Waals surface area (Å²) < 4.78 is 0. The van der Waals surface area contributed by atoms with Crippen molar-refractivity contribution in [2.24, 2.45) is 0 Å².